The Morgan fingerprint density at radius 3 is 2.48 bits per heavy atom. The number of halogens is 1. The molecule has 0 spiro atoms. The van der Waals surface area contributed by atoms with Gasteiger partial charge in [0.05, 0.1) is 5.02 Å². The normalized spacial score (nSPS) is 10.7. The van der Waals surface area contributed by atoms with Crippen molar-refractivity contribution >= 4 is 40.0 Å². The van der Waals surface area contributed by atoms with E-state index in [1.165, 1.54) is 10.8 Å². The molecule has 0 unspecified atom stereocenters. The lowest BCUT2D eigenvalue weighted by molar-refractivity contribution is 1.33. The molecule has 0 aromatic heterocycles. The van der Waals surface area contributed by atoms with Crippen molar-refractivity contribution in [1.82, 2.24) is 0 Å². The minimum Gasteiger partial charge on any atom is -0.384 e. The summed E-state index contributed by atoms with van der Waals surface area (Å²) in [5, 5.41) is 10.6. The van der Waals surface area contributed by atoms with Crippen LogP contribution in [0.15, 0.2) is 70.5 Å². The number of benzene rings is 3. The number of nitrogens with one attached hydrogen (secondary N) is 1. The molecule has 3 aromatic rings. The quantitative estimate of drug-likeness (QED) is 0.532. The van der Waals surface area contributed by atoms with Gasteiger partial charge in [-0.3, -0.25) is 5.41 Å². The fourth-order valence-corrected chi connectivity index (χ4v) is 3.59. The fraction of sp³-hybridized carbons (Fsp3) is 0. The van der Waals surface area contributed by atoms with Gasteiger partial charge in [-0.15, -0.1) is 0 Å². The van der Waals surface area contributed by atoms with E-state index in [4.69, 9.17) is 22.7 Å². The number of hydrogen-bond donors (Lipinski definition) is 2. The molecule has 3 rings (SSSR count). The molecule has 4 heteroatoms. The van der Waals surface area contributed by atoms with Gasteiger partial charge in [-0.25, -0.2) is 0 Å². The molecular weight excluding hydrogens is 300 g/mol. The first-order chi connectivity index (χ1) is 10.1. The number of nitrogen functional groups attached to an aromatic ring is 1. The number of rotatable bonds is 3. The zero-order valence-corrected chi connectivity index (χ0v) is 12.7. The largest absolute Gasteiger partial charge is 0.384 e. The Labute approximate surface area is 132 Å². The zero-order chi connectivity index (χ0) is 14.8. The van der Waals surface area contributed by atoms with Gasteiger partial charge in [-0.2, -0.15) is 0 Å². The van der Waals surface area contributed by atoms with Gasteiger partial charge in [-0.1, -0.05) is 59.8 Å². The number of nitrogens with two attached hydrogens (primary N) is 1. The van der Waals surface area contributed by atoms with Crippen molar-refractivity contribution in [3.63, 3.8) is 0 Å². The predicted molar refractivity (Wildman–Crippen MR) is 90.5 cm³/mol. The molecule has 0 radical (unpaired) electrons. The van der Waals surface area contributed by atoms with Gasteiger partial charge < -0.3 is 5.73 Å². The van der Waals surface area contributed by atoms with E-state index in [2.05, 4.69) is 30.3 Å². The second-order valence-electron chi connectivity index (χ2n) is 4.64. The predicted octanol–water partition coefficient (Wildman–Crippen LogP) is 4.93. The van der Waals surface area contributed by atoms with Crippen LogP contribution in [0, 0.1) is 5.41 Å². The lowest BCUT2D eigenvalue weighted by Crippen LogP contribution is -2.12. The Morgan fingerprint density at radius 2 is 1.71 bits per heavy atom. The maximum absolute atomic E-state index is 7.69. The third-order valence-corrected chi connectivity index (χ3v) is 4.56. The average molecular weight is 313 g/mol. The molecule has 0 atom stereocenters. The summed E-state index contributed by atoms with van der Waals surface area (Å²) >= 11 is 7.72. The fourth-order valence-electron chi connectivity index (χ4n) is 2.21. The maximum atomic E-state index is 7.69. The minimum absolute atomic E-state index is 0.0103. The van der Waals surface area contributed by atoms with E-state index in [0.29, 0.717) is 10.6 Å². The Morgan fingerprint density at radius 1 is 0.952 bits per heavy atom. The Balaban J connectivity index is 2.02. The van der Waals surface area contributed by atoms with Gasteiger partial charge in [0.2, 0.25) is 0 Å². The van der Waals surface area contributed by atoms with Crippen molar-refractivity contribution in [2.75, 3.05) is 0 Å². The lowest BCUT2D eigenvalue weighted by atomic mass is 10.1. The lowest BCUT2D eigenvalue weighted by Gasteiger charge is -2.10. The Kier molecular flexibility index (Phi) is 3.86. The summed E-state index contributed by atoms with van der Waals surface area (Å²) in [5.74, 6) is -0.0103. The molecule has 0 aliphatic rings. The highest BCUT2D eigenvalue weighted by molar-refractivity contribution is 7.99. The number of amidine groups is 1. The van der Waals surface area contributed by atoms with Gasteiger partial charge >= 0.3 is 0 Å². The van der Waals surface area contributed by atoms with Gasteiger partial charge in [0.25, 0.3) is 0 Å². The standard InChI is InChI=1S/C17H13ClN2S/c18-14-6-3-7-15(16(14)17(19)20)21-13-9-8-11-4-1-2-5-12(11)10-13/h1-10H,(H3,19,20). The van der Waals surface area contributed by atoms with Crippen LogP contribution >= 0.6 is 23.4 Å². The molecular formula is C17H13ClN2S. The molecule has 104 valence electrons. The molecule has 0 aliphatic carbocycles. The highest BCUT2D eigenvalue weighted by atomic mass is 35.5. The summed E-state index contributed by atoms with van der Waals surface area (Å²) in [6.45, 7) is 0. The number of fused-ring (bicyclic) bond motifs is 1. The van der Waals surface area contributed by atoms with E-state index in [9.17, 15) is 0 Å². The van der Waals surface area contributed by atoms with E-state index in [1.54, 1.807) is 17.8 Å². The number of hydrogen-bond acceptors (Lipinski definition) is 2. The average Bonchev–Trinajstić information content (AvgIpc) is 2.47. The van der Waals surface area contributed by atoms with Crippen LogP contribution in [0.4, 0.5) is 0 Å². The first-order valence-corrected chi connectivity index (χ1v) is 7.64. The van der Waals surface area contributed by atoms with Crippen molar-refractivity contribution in [2.24, 2.45) is 5.73 Å². The van der Waals surface area contributed by atoms with E-state index in [1.807, 2.05) is 24.3 Å². The molecule has 21 heavy (non-hydrogen) atoms. The Hall–Kier alpha value is -1.97. The molecule has 0 amide bonds. The zero-order valence-electron chi connectivity index (χ0n) is 11.1. The second kappa shape index (κ2) is 5.80. The van der Waals surface area contributed by atoms with Crippen LogP contribution in [0.1, 0.15) is 5.56 Å². The first-order valence-electron chi connectivity index (χ1n) is 6.45. The summed E-state index contributed by atoms with van der Waals surface area (Å²) in [4.78, 5) is 1.99. The summed E-state index contributed by atoms with van der Waals surface area (Å²) in [6.07, 6.45) is 0. The van der Waals surface area contributed by atoms with Crippen LogP contribution in [0.25, 0.3) is 10.8 Å². The van der Waals surface area contributed by atoms with Crippen LogP contribution in [-0.2, 0) is 0 Å². The van der Waals surface area contributed by atoms with Crippen LogP contribution in [0.3, 0.4) is 0 Å². The molecule has 0 saturated carbocycles. The van der Waals surface area contributed by atoms with Crippen molar-refractivity contribution < 1.29 is 0 Å². The van der Waals surface area contributed by atoms with Crippen molar-refractivity contribution in [2.45, 2.75) is 9.79 Å². The topological polar surface area (TPSA) is 49.9 Å². The van der Waals surface area contributed by atoms with Crippen molar-refractivity contribution in [3.05, 3.63) is 71.2 Å². The molecule has 0 aliphatic heterocycles. The highest BCUT2D eigenvalue weighted by Crippen LogP contribution is 2.34. The monoisotopic (exact) mass is 312 g/mol. The van der Waals surface area contributed by atoms with Gasteiger partial charge in [-0.05, 0) is 35.0 Å². The van der Waals surface area contributed by atoms with Crippen LogP contribution < -0.4 is 5.73 Å². The van der Waals surface area contributed by atoms with Gasteiger partial charge in [0, 0.05) is 15.4 Å². The molecule has 3 N–H and O–H groups in total. The van der Waals surface area contributed by atoms with Gasteiger partial charge in [0.15, 0.2) is 0 Å². The third kappa shape index (κ3) is 2.89. The molecule has 3 aromatic carbocycles. The van der Waals surface area contributed by atoms with E-state index in [0.717, 1.165) is 9.79 Å². The SMILES string of the molecule is N=C(N)c1c(Cl)cccc1Sc1ccc2ccccc2c1. The van der Waals surface area contributed by atoms with Crippen LogP contribution in [0.2, 0.25) is 5.02 Å². The molecule has 2 nitrogen and oxygen atoms in total. The molecule has 0 heterocycles. The van der Waals surface area contributed by atoms with Crippen LogP contribution in [0.5, 0.6) is 0 Å². The Bertz CT molecular complexity index is 830. The highest BCUT2D eigenvalue weighted by Gasteiger charge is 2.11. The summed E-state index contributed by atoms with van der Waals surface area (Å²) in [7, 11) is 0. The van der Waals surface area contributed by atoms with Gasteiger partial charge in [0.1, 0.15) is 5.84 Å². The van der Waals surface area contributed by atoms with Crippen LogP contribution in [-0.4, -0.2) is 5.84 Å². The second-order valence-corrected chi connectivity index (χ2v) is 6.16. The molecule has 0 fully saturated rings. The third-order valence-electron chi connectivity index (χ3n) is 3.19. The van der Waals surface area contributed by atoms with E-state index in [-0.39, 0.29) is 5.84 Å². The molecule has 0 bridgehead atoms. The summed E-state index contributed by atoms with van der Waals surface area (Å²) in [5.41, 5.74) is 6.24. The van der Waals surface area contributed by atoms with Crippen molar-refractivity contribution in [3.8, 4) is 0 Å². The van der Waals surface area contributed by atoms with E-state index < -0.39 is 0 Å². The molecule has 0 saturated heterocycles. The summed E-state index contributed by atoms with van der Waals surface area (Å²) in [6, 6.07) is 20.1. The van der Waals surface area contributed by atoms with Crippen molar-refractivity contribution in [1.29, 1.82) is 5.41 Å². The smallest absolute Gasteiger partial charge is 0.125 e. The summed E-state index contributed by atoms with van der Waals surface area (Å²) < 4.78 is 0. The minimum atomic E-state index is -0.0103. The maximum Gasteiger partial charge on any atom is 0.125 e. The van der Waals surface area contributed by atoms with E-state index >= 15 is 0 Å². The first kappa shape index (κ1) is 14.0.